The summed E-state index contributed by atoms with van der Waals surface area (Å²) in [5.41, 5.74) is 0. The molecule has 0 spiro atoms. The van der Waals surface area contributed by atoms with Crippen molar-refractivity contribution < 1.29 is 20.1 Å². The minimum atomic E-state index is -0.262. The van der Waals surface area contributed by atoms with E-state index >= 15 is 0 Å². The van der Waals surface area contributed by atoms with Crippen LogP contribution in [-0.4, -0.2) is 47.3 Å². The highest BCUT2D eigenvalue weighted by molar-refractivity contribution is 5.04. The molecule has 0 aliphatic carbocycles. The zero-order valence-corrected chi connectivity index (χ0v) is 8.62. The van der Waals surface area contributed by atoms with E-state index in [9.17, 15) is 10.2 Å². The molecule has 0 aromatic heterocycles. The van der Waals surface area contributed by atoms with Gasteiger partial charge in [0.15, 0.2) is 0 Å². The molecule has 86 valence electrons. The van der Waals surface area contributed by atoms with Crippen LogP contribution in [-0.2, 0) is 4.74 Å². The SMILES string of the molecule is C=CC1OC(/C=C/CO)C(CO)C1CO. The van der Waals surface area contributed by atoms with Gasteiger partial charge in [0.05, 0.1) is 18.8 Å². The van der Waals surface area contributed by atoms with E-state index in [1.54, 1.807) is 18.2 Å². The van der Waals surface area contributed by atoms with Gasteiger partial charge in [0, 0.05) is 25.0 Å². The fourth-order valence-corrected chi connectivity index (χ4v) is 1.96. The Morgan fingerprint density at radius 3 is 2.13 bits per heavy atom. The molecule has 1 rings (SSSR count). The van der Waals surface area contributed by atoms with Crippen LogP contribution in [0.3, 0.4) is 0 Å². The van der Waals surface area contributed by atoms with Crippen LogP contribution in [0, 0.1) is 11.8 Å². The van der Waals surface area contributed by atoms with Gasteiger partial charge in [-0.3, -0.25) is 0 Å². The summed E-state index contributed by atoms with van der Waals surface area (Å²) in [7, 11) is 0. The smallest absolute Gasteiger partial charge is 0.0819 e. The topological polar surface area (TPSA) is 69.9 Å². The van der Waals surface area contributed by atoms with E-state index in [4.69, 9.17) is 9.84 Å². The van der Waals surface area contributed by atoms with Crippen molar-refractivity contribution in [3.8, 4) is 0 Å². The highest BCUT2D eigenvalue weighted by Crippen LogP contribution is 2.33. The molecule has 0 saturated carbocycles. The summed E-state index contributed by atoms with van der Waals surface area (Å²) in [4.78, 5) is 0. The van der Waals surface area contributed by atoms with E-state index in [0.29, 0.717) is 0 Å². The Balaban J connectivity index is 2.73. The highest BCUT2D eigenvalue weighted by Gasteiger charge is 2.40. The maximum absolute atomic E-state index is 9.23. The fourth-order valence-electron chi connectivity index (χ4n) is 1.96. The molecule has 1 aliphatic heterocycles. The van der Waals surface area contributed by atoms with E-state index in [-0.39, 0.29) is 43.9 Å². The molecule has 4 heteroatoms. The molecule has 1 aliphatic rings. The van der Waals surface area contributed by atoms with E-state index < -0.39 is 0 Å². The van der Waals surface area contributed by atoms with E-state index in [1.165, 1.54) is 0 Å². The fraction of sp³-hybridized carbons (Fsp3) is 0.636. The third kappa shape index (κ3) is 2.66. The first-order chi connectivity index (χ1) is 7.28. The second-order valence-corrected chi connectivity index (χ2v) is 3.60. The minimum Gasteiger partial charge on any atom is -0.396 e. The summed E-state index contributed by atoms with van der Waals surface area (Å²) in [5.74, 6) is -0.262. The van der Waals surface area contributed by atoms with Crippen LogP contribution in [0.25, 0.3) is 0 Å². The lowest BCUT2D eigenvalue weighted by Crippen LogP contribution is -2.27. The highest BCUT2D eigenvalue weighted by atomic mass is 16.5. The lowest BCUT2D eigenvalue weighted by atomic mass is 9.88. The van der Waals surface area contributed by atoms with E-state index in [1.807, 2.05) is 0 Å². The average molecular weight is 214 g/mol. The molecule has 0 aromatic carbocycles. The lowest BCUT2D eigenvalue weighted by molar-refractivity contribution is 0.0723. The predicted molar refractivity (Wildman–Crippen MR) is 56.2 cm³/mol. The van der Waals surface area contributed by atoms with Gasteiger partial charge < -0.3 is 20.1 Å². The van der Waals surface area contributed by atoms with Gasteiger partial charge in [0.25, 0.3) is 0 Å². The Morgan fingerprint density at radius 2 is 1.67 bits per heavy atom. The van der Waals surface area contributed by atoms with Crippen LogP contribution in [0.2, 0.25) is 0 Å². The van der Waals surface area contributed by atoms with Crippen LogP contribution < -0.4 is 0 Å². The number of aliphatic hydroxyl groups is 3. The van der Waals surface area contributed by atoms with E-state index in [2.05, 4.69) is 6.58 Å². The van der Waals surface area contributed by atoms with Gasteiger partial charge in [0.2, 0.25) is 0 Å². The third-order valence-electron chi connectivity index (χ3n) is 2.79. The van der Waals surface area contributed by atoms with Crippen molar-refractivity contribution in [2.45, 2.75) is 12.2 Å². The quantitative estimate of drug-likeness (QED) is 0.550. The number of rotatable bonds is 5. The number of ether oxygens (including phenoxy) is 1. The van der Waals surface area contributed by atoms with Gasteiger partial charge in [-0.2, -0.15) is 0 Å². The Bertz CT molecular complexity index is 227. The maximum Gasteiger partial charge on any atom is 0.0819 e. The first-order valence-corrected chi connectivity index (χ1v) is 5.05. The Morgan fingerprint density at radius 1 is 1.07 bits per heavy atom. The zero-order chi connectivity index (χ0) is 11.3. The van der Waals surface area contributed by atoms with Crippen molar-refractivity contribution in [3.63, 3.8) is 0 Å². The monoisotopic (exact) mass is 214 g/mol. The molecule has 3 N–H and O–H groups in total. The molecular formula is C11H18O4. The van der Waals surface area contributed by atoms with Gasteiger partial charge in [-0.25, -0.2) is 0 Å². The molecule has 0 aromatic rings. The summed E-state index contributed by atoms with van der Waals surface area (Å²) in [6.45, 7) is 3.50. The molecule has 4 atom stereocenters. The van der Waals surface area contributed by atoms with Gasteiger partial charge in [0.1, 0.15) is 0 Å². The van der Waals surface area contributed by atoms with Crippen molar-refractivity contribution in [2.24, 2.45) is 11.8 Å². The third-order valence-corrected chi connectivity index (χ3v) is 2.79. The number of hydrogen-bond acceptors (Lipinski definition) is 4. The number of hydrogen-bond donors (Lipinski definition) is 3. The van der Waals surface area contributed by atoms with Crippen LogP contribution in [0.5, 0.6) is 0 Å². The first kappa shape index (κ1) is 12.4. The van der Waals surface area contributed by atoms with Crippen molar-refractivity contribution in [3.05, 3.63) is 24.8 Å². The normalized spacial score (nSPS) is 36.2. The average Bonchev–Trinajstić information content (AvgIpc) is 2.62. The second kappa shape index (κ2) is 6.02. The van der Waals surface area contributed by atoms with Gasteiger partial charge in [-0.05, 0) is 0 Å². The van der Waals surface area contributed by atoms with Crippen LogP contribution in [0.1, 0.15) is 0 Å². The number of aliphatic hydroxyl groups excluding tert-OH is 3. The van der Waals surface area contributed by atoms with Crippen LogP contribution >= 0.6 is 0 Å². The second-order valence-electron chi connectivity index (χ2n) is 3.60. The summed E-state index contributed by atoms with van der Waals surface area (Å²) in [5, 5.41) is 27.1. The van der Waals surface area contributed by atoms with Gasteiger partial charge in [-0.1, -0.05) is 18.2 Å². The summed E-state index contributed by atoms with van der Waals surface area (Å²) < 4.78 is 5.58. The van der Waals surface area contributed by atoms with Gasteiger partial charge >= 0.3 is 0 Å². The maximum atomic E-state index is 9.23. The molecule has 4 unspecified atom stereocenters. The summed E-state index contributed by atoms with van der Waals surface area (Å²) in [6, 6.07) is 0. The van der Waals surface area contributed by atoms with Crippen molar-refractivity contribution in [2.75, 3.05) is 19.8 Å². The standard InChI is InChI=1S/C11H18O4/c1-2-10-8(6-13)9(7-14)11(15-10)4-3-5-12/h2-4,8-14H,1,5-7H2/b4-3+. The zero-order valence-electron chi connectivity index (χ0n) is 8.62. The Labute approximate surface area is 89.5 Å². The molecule has 0 amide bonds. The van der Waals surface area contributed by atoms with E-state index in [0.717, 1.165) is 0 Å². The molecule has 1 heterocycles. The van der Waals surface area contributed by atoms with Crippen LogP contribution in [0.4, 0.5) is 0 Å². The summed E-state index contributed by atoms with van der Waals surface area (Å²) >= 11 is 0. The largest absolute Gasteiger partial charge is 0.396 e. The van der Waals surface area contributed by atoms with Crippen molar-refractivity contribution in [1.82, 2.24) is 0 Å². The molecule has 15 heavy (non-hydrogen) atoms. The first-order valence-electron chi connectivity index (χ1n) is 5.05. The Hall–Kier alpha value is -0.680. The molecule has 4 nitrogen and oxygen atoms in total. The molecule has 1 fully saturated rings. The van der Waals surface area contributed by atoms with Gasteiger partial charge in [-0.15, -0.1) is 6.58 Å². The molecule has 1 saturated heterocycles. The van der Waals surface area contributed by atoms with Crippen molar-refractivity contribution >= 4 is 0 Å². The van der Waals surface area contributed by atoms with Crippen LogP contribution in [0.15, 0.2) is 24.8 Å². The summed E-state index contributed by atoms with van der Waals surface area (Å²) in [6.07, 6.45) is 4.43. The molecular weight excluding hydrogens is 196 g/mol. The molecule has 0 bridgehead atoms. The minimum absolute atomic E-state index is 0.0363. The Kier molecular flexibility index (Phi) is 4.98. The van der Waals surface area contributed by atoms with Crippen molar-refractivity contribution in [1.29, 1.82) is 0 Å². The predicted octanol–water partition coefficient (Wildman–Crippen LogP) is -0.295. The lowest BCUT2D eigenvalue weighted by Gasteiger charge is -2.17. The molecule has 0 radical (unpaired) electrons.